The maximum absolute atomic E-state index is 13.0. The molecule has 3 amide bonds. The number of benzene rings is 1. The van der Waals surface area contributed by atoms with Gasteiger partial charge in [0.05, 0.1) is 13.2 Å². The van der Waals surface area contributed by atoms with E-state index in [1.54, 1.807) is 19.0 Å². The van der Waals surface area contributed by atoms with Gasteiger partial charge in [-0.1, -0.05) is 30.3 Å². The number of hydrogen-bond acceptors (Lipinski definition) is 6. The van der Waals surface area contributed by atoms with Gasteiger partial charge in [-0.3, -0.25) is 9.69 Å². The zero-order chi connectivity index (χ0) is 19.7. The molecule has 2 unspecified atom stereocenters. The van der Waals surface area contributed by atoms with Crippen molar-refractivity contribution in [1.82, 2.24) is 19.6 Å². The molecule has 1 aromatic rings. The van der Waals surface area contributed by atoms with Crippen LogP contribution in [-0.4, -0.2) is 96.6 Å². The van der Waals surface area contributed by atoms with E-state index in [4.69, 9.17) is 9.73 Å². The summed E-state index contributed by atoms with van der Waals surface area (Å²) in [5.41, 5.74) is 1.28. The Morgan fingerprint density at radius 2 is 1.82 bits per heavy atom. The molecule has 3 heterocycles. The fraction of sp³-hybridized carbons (Fsp3) is 0.550. The van der Waals surface area contributed by atoms with Crippen LogP contribution in [0, 0.1) is 0 Å². The zero-order valence-electron chi connectivity index (χ0n) is 16.5. The summed E-state index contributed by atoms with van der Waals surface area (Å²) >= 11 is 0. The Hall–Kier alpha value is -2.61. The first-order valence-corrected chi connectivity index (χ1v) is 9.83. The first-order chi connectivity index (χ1) is 13.6. The van der Waals surface area contributed by atoms with E-state index in [1.807, 2.05) is 18.2 Å². The number of aryl methyl sites for hydroxylation is 1. The van der Waals surface area contributed by atoms with Crippen molar-refractivity contribution in [2.24, 2.45) is 4.99 Å². The number of ether oxygens (including phenoxy) is 1. The topological polar surface area (TPSA) is 68.7 Å². The summed E-state index contributed by atoms with van der Waals surface area (Å²) in [5.74, 6) is 0.634. The van der Waals surface area contributed by atoms with Crippen LogP contribution in [0.15, 0.2) is 35.3 Å². The van der Waals surface area contributed by atoms with Crippen molar-refractivity contribution in [2.45, 2.75) is 25.0 Å². The molecule has 3 aliphatic rings. The van der Waals surface area contributed by atoms with Crippen molar-refractivity contribution < 1.29 is 14.3 Å². The van der Waals surface area contributed by atoms with Crippen LogP contribution in [0.3, 0.4) is 0 Å². The number of likely N-dealkylation sites (N-methyl/N-ethyl adjacent to an activating group) is 2. The van der Waals surface area contributed by atoms with E-state index in [0.29, 0.717) is 19.8 Å². The first kappa shape index (κ1) is 18.7. The van der Waals surface area contributed by atoms with E-state index in [9.17, 15) is 9.59 Å². The first-order valence-electron chi connectivity index (χ1n) is 9.83. The van der Waals surface area contributed by atoms with Gasteiger partial charge in [0.1, 0.15) is 0 Å². The zero-order valence-corrected chi connectivity index (χ0v) is 16.5. The lowest BCUT2D eigenvalue weighted by atomic mass is 10.1. The van der Waals surface area contributed by atoms with Gasteiger partial charge in [0.25, 0.3) is 5.91 Å². The summed E-state index contributed by atoms with van der Waals surface area (Å²) in [5, 5.41) is 0. The van der Waals surface area contributed by atoms with Crippen LogP contribution in [0.5, 0.6) is 0 Å². The minimum absolute atomic E-state index is 0.181. The normalized spacial score (nSPS) is 25.3. The smallest absolute Gasteiger partial charge is 0.328 e. The summed E-state index contributed by atoms with van der Waals surface area (Å²) in [6.07, 6.45) is 1.38. The number of aliphatic imine (C=N–C) groups is 1. The second-order valence-corrected chi connectivity index (χ2v) is 7.46. The van der Waals surface area contributed by atoms with Crippen LogP contribution >= 0.6 is 0 Å². The Morgan fingerprint density at radius 1 is 1.11 bits per heavy atom. The van der Waals surface area contributed by atoms with Crippen molar-refractivity contribution in [3.8, 4) is 0 Å². The highest BCUT2D eigenvalue weighted by atomic mass is 16.5. The number of carbonyl (C=O) groups excluding carboxylic acids is 2. The third-order valence-electron chi connectivity index (χ3n) is 5.69. The molecule has 150 valence electrons. The predicted molar refractivity (Wildman–Crippen MR) is 105 cm³/mol. The van der Waals surface area contributed by atoms with Crippen LogP contribution in [-0.2, 0) is 16.0 Å². The summed E-state index contributed by atoms with van der Waals surface area (Å²) in [4.78, 5) is 37.2. The molecule has 3 aliphatic heterocycles. The van der Waals surface area contributed by atoms with Crippen molar-refractivity contribution in [3.63, 3.8) is 0 Å². The lowest BCUT2D eigenvalue weighted by Gasteiger charge is -2.41. The molecule has 4 rings (SSSR count). The summed E-state index contributed by atoms with van der Waals surface area (Å²) < 4.78 is 5.47. The fourth-order valence-corrected chi connectivity index (χ4v) is 4.11. The van der Waals surface area contributed by atoms with Gasteiger partial charge in [-0.2, -0.15) is 0 Å². The van der Waals surface area contributed by atoms with E-state index < -0.39 is 12.2 Å². The summed E-state index contributed by atoms with van der Waals surface area (Å²) in [6, 6.07) is 9.58. The largest absolute Gasteiger partial charge is 0.378 e. The number of guanidine groups is 1. The number of rotatable bonds is 4. The molecule has 2 saturated heterocycles. The average Bonchev–Trinajstić information content (AvgIpc) is 3.12. The van der Waals surface area contributed by atoms with Crippen molar-refractivity contribution >= 4 is 17.9 Å². The van der Waals surface area contributed by atoms with Gasteiger partial charge in [0.2, 0.25) is 0 Å². The Morgan fingerprint density at radius 3 is 2.54 bits per heavy atom. The quantitative estimate of drug-likeness (QED) is 0.768. The van der Waals surface area contributed by atoms with E-state index >= 15 is 0 Å². The van der Waals surface area contributed by atoms with E-state index in [1.165, 1.54) is 10.5 Å². The molecule has 0 bridgehead atoms. The minimum Gasteiger partial charge on any atom is -0.378 e. The molecule has 8 nitrogen and oxygen atoms in total. The standard InChI is InChI=1S/C20H27N5O3/c1-22-17-16(18(26)23(2)20(22)27)25(10-6-9-15-7-4-3-5-8-15)19(21-17)24-11-13-28-14-12-24/h3-5,7-8,16-17H,6,9-14H2,1-2H3. The maximum atomic E-state index is 13.0. The average molecular weight is 385 g/mol. The van der Waals surface area contributed by atoms with E-state index in [-0.39, 0.29) is 11.9 Å². The molecule has 2 fully saturated rings. The molecule has 0 N–H and O–H groups in total. The van der Waals surface area contributed by atoms with E-state index in [0.717, 1.165) is 31.9 Å². The Bertz CT molecular complexity index is 762. The number of fused-ring (bicyclic) bond motifs is 1. The highest BCUT2D eigenvalue weighted by molar-refractivity contribution is 6.03. The molecule has 0 aromatic heterocycles. The van der Waals surface area contributed by atoms with Crippen LogP contribution in [0.2, 0.25) is 0 Å². The number of amides is 3. The molecule has 1 aromatic carbocycles. The van der Waals surface area contributed by atoms with Crippen molar-refractivity contribution in [2.75, 3.05) is 46.9 Å². The minimum atomic E-state index is -0.467. The Balaban J connectivity index is 1.55. The number of carbonyl (C=O) groups is 2. The molecule has 0 aliphatic carbocycles. The van der Waals surface area contributed by atoms with Gasteiger partial charge in [0, 0.05) is 33.7 Å². The monoisotopic (exact) mass is 385 g/mol. The van der Waals surface area contributed by atoms with E-state index in [2.05, 4.69) is 21.9 Å². The highest BCUT2D eigenvalue weighted by Gasteiger charge is 2.51. The molecule has 8 heteroatoms. The lowest BCUT2D eigenvalue weighted by molar-refractivity contribution is -0.136. The van der Waals surface area contributed by atoms with Gasteiger partial charge in [0.15, 0.2) is 18.2 Å². The molecule has 28 heavy (non-hydrogen) atoms. The third-order valence-corrected chi connectivity index (χ3v) is 5.69. The van der Waals surface area contributed by atoms with Gasteiger partial charge in [-0.05, 0) is 18.4 Å². The highest BCUT2D eigenvalue weighted by Crippen LogP contribution is 2.28. The molecule has 0 radical (unpaired) electrons. The van der Waals surface area contributed by atoms with Gasteiger partial charge < -0.3 is 19.4 Å². The van der Waals surface area contributed by atoms with Crippen LogP contribution in [0.4, 0.5) is 4.79 Å². The summed E-state index contributed by atoms with van der Waals surface area (Å²) in [6.45, 7) is 3.50. The molecule has 2 atom stereocenters. The molecule has 0 spiro atoms. The number of morpholine rings is 1. The number of imide groups is 1. The van der Waals surface area contributed by atoms with Crippen molar-refractivity contribution in [3.05, 3.63) is 35.9 Å². The SMILES string of the molecule is CN1C(=O)C2C(N=C(N3CCOCC3)N2CCCc2ccccc2)N(C)C1=O. The van der Waals surface area contributed by atoms with Crippen LogP contribution in [0.1, 0.15) is 12.0 Å². The molecule has 0 saturated carbocycles. The van der Waals surface area contributed by atoms with Crippen molar-refractivity contribution in [1.29, 1.82) is 0 Å². The van der Waals surface area contributed by atoms with Gasteiger partial charge in [-0.25, -0.2) is 9.79 Å². The lowest BCUT2D eigenvalue weighted by Crippen LogP contribution is -2.64. The second kappa shape index (κ2) is 7.79. The van der Waals surface area contributed by atoms with Gasteiger partial charge >= 0.3 is 6.03 Å². The molecular weight excluding hydrogens is 358 g/mol. The van der Waals surface area contributed by atoms with Crippen LogP contribution in [0.25, 0.3) is 0 Å². The Labute approximate surface area is 165 Å². The number of nitrogens with zero attached hydrogens (tertiary/aromatic N) is 5. The number of hydrogen-bond donors (Lipinski definition) is 0. The number of urea groups is 1. The maximum Gasteiger partial charge on any atom is 0.328 e. The second-order valence-electron chi connectivity index (χ2n) is 7.46. The third kappa shape index (κ3) is 3.32. The van der Waals surface area contributed by atoms with Gasteiger partial charge in [-0.15, -0.1) is 0 Å². The summed E-state index contributed by atoms with van der Waals surface area (Å²) in [7, 11) is 3.27. The van der Waals surface area contributed by atoms with Crippen LogP contribution < -0.4 is 0 Å². The Kier molecular flexibility index (Phi) is 5.21. The molecular formula is C20H27N5O3. The predicted octanol–water partition coefficient (Wildman–Crippen LogP) is 0.842. The fourth-order valence-electron chi connectivity index (χ4n) is 4.11.